The predicted octanol–water partition coefficient (Wildman–Crippen LogP) is 2.97. The van der Waals surface area contributed by atoms with E-state index >= 15 is 0 Å². The van der Waals surface area contributed by atoms with Crippen LogP contribution in [-0.2, 0) is 4.79 Å². The summed E-state index contributed by atoms with van der Waals surface area (Å²) >= 11 is 0. The Morgan fingerprint density at radius 1 is 1.27 bits per heavy atom. The first-order chi connectivity index (χ1) is 12.5. The van der Waals surface area contributed by atoms with Gasteiger partial charge in [-0.1, -0.05) is 6.07 Å². The average Bonchev–Trinajstić information content (AvgIpc) is 3.16. The number of ether oxygens (including phenoxy) is 1. The fourth-order valence-corrected chi connectivity index (χ4v) is 2.23. The van der Waals surface area contributed by atoms with Crippen molar-refractivity contribution in [3.63, 3.8) is 0 Å². The zero-order chi connectivity index (χ0) is 18.5. The predicted molar refractivity (Wildman–Crippen MR) is 91.7 cm³/mol. The highest BCUT2D eigenvalue weighted by Gasteiger charge is 2.16. The molecule has 0 aliphatic heterocycles. The minimum atomic E-state index is -0.542. The van der Waals surface area contributed by atoms with Crippen LogP contribution in [0.15, 0.2) is 53.3 Å². The Morgan fingerprint density at radius 2 is 2.04 bits per heavy atom. The van der Waals surface area contributed by atoms with Crippen molar-refractivity contribution in [3.8, 4) is 17.2 Å². The number of nitrogens with zero attached hydrogens (tertiary/aromatic N) is 3. The molecule has 0 bridgehead atoms. The number of carbonyl (C=O) groups excluding carboxylic acids is 1. The number of anilines is 1. The highest BCUT2D eigenvalue weighted by atomic mass is 16.6. The summed E-state index contributed by atoms with van der Waals surface area (Å²) in [5.74, 6) is 0.334. The van der Waals surface area contributed by atoms with Crippen LogP contribution in [0.3, 0.4) is 0 Å². The van der Waals surface area contributed by atoms with Crippen LogP contribution in [0.4, 0.5) is 11.4 Å². The lowest BCUT2D eigenvalue weighted by Gasteiger charge is -2.08. The van der Waals surface area contributed by atoms with Crippen LogP contribution < -0.4 is 10.1 Å². The summed E-state index contributed by atoms with van der Waals surface area (Å²) in [6.45, 7) is 1.45. The fraction of sp³-hybridized carbons (Fsp3) is 0.118. The van der Waals surface area contributed by atoms with Gasteiger partial charge >= 0.3 is 0 Å². The number of carbonyl (C=O) groups is 1. The van der Waals surface area contributed by atoms with Crippen LogP contribution in [-0.4, -0.2) is 27.6 Å². The third-order valence-electron chi connectivity index (χ3n) is 3.46. The topological polar surface area (TPSA) is 120 Å². The first-order valence-corrected chi connectivity index (χ1v) is 7.57. The van der Waals surface area contributed by atoms with Crippen molar-refractivity contribution < 1.29 is 18.9 Å². The highest BCUT2D eigenvalue weighted by Crippen LogP contribution is 2.25. The Morgan fingerprint density at radius 3 is 2.69 bits per heavy atom. The summed E-state index contributed by atoms with van der Waals surface area (Å²) < 4.78 is 10.5. The summed E-state index contributed by atoms with van der Waals surface area (Å²) in [7, 11) is 0. The van der Waals surface area contributed by atoms with Gasteiger partial charge in [0.15, 0.2) is 6.61 Å². The molecule has 132 valence electrons. The molecule has 9 nitrogen and oxygen atoms in total. The van der Waals surface area contributed by atoms with Crippen LogP contribution in [0.5, 0.6) is 5.75 Å². The largest absolute Gasteiger partial charge is 0.484 e. The standard InChI is InChI=1S/C17H14N4O5/c1-11-2-7-14(15(8-11)21(23)24)19-16(22)9-25-13-5-3-12(4-6-13)17-20-18-10-26-17/h2-8,10H,9H2,1H3,(H,19,22). The Labute approximate surface area is 147 Å². The lowest BCUT2D eigenvalue weighted by atomic mass is 10.2. The Kier molecular flexibility index (Phi) is 4.88. The number of nitro benzene ring substituents is 1. The molecular weight excluding hydrogens is 340 g/mol. The number of benzene rings is 2. The molecule has 0 spiro atoms. The van der Waals surface area contributed by atoms with Crippen molar-refractivity contribution in [1.29, 1.82) is 0 Å². The van der Waals surface area contributed by atoms with E-state index in [0.29, 0.717) is 11.6 Å². The van der Waals surface area contributed by atoms with Crippen molar-refractivity contribution in [2.45, 2.75) is 6.92 Å². The number of aryl methyl sites for hydroxylation is 1. The van der Waals surface area contributed by atoms with Gasteiger partial charge in [-0.3, -0.25) is 14.9 Å². The smallest absolute Gasteiger partial charge is 0.293 e. The van der Waals surface area contributed by atoms with Crippen molar-refractivity contribution in [2.24, 2.45) is 0 Å². The molecule has 0 aliphatic rings. The van der Waals surface area contributed by atoms with E-state index in [1.54, 1.807) is 37.3 Å². The van der Waals surface area contributed by atoms with E-state index in [-0.39, 0.29) is 18.0 Å². The van der Waals surface area contributed by atoms with Gasteiger partial charge < -0.3 is 14.5 Å². The molecule has 0 atom stereocenters. The van der Waals surface area contributed by atoms with Gasteiger partial charge in [-0.05, 0) is 42.8 Å². The average molecular weight is 354 g/mol. The SMILES string of the molecule is Cc1ccc(NC(=O)COc2ccc(-c3nnco3)cc2)c([N+](=O)[O-])c1. The van der Waals surface area contributed by atoms with Crippen LogP contribution in [0.2, 0.25) is 0 Å². The van der Waals surface area contributed by atoms with Gasteiger partial charge in [-0.2, -0.15) is 0 Å². The summed E-state index contributed by atoms with van der Waals surface area (Å²) in [5.41, 5.74) is 1.41. The molecule has 1 heterocycles. The first-order valence-electron chi connectivity index (χ1n) is 7.57. The normalized spacial score (nSPS) is 10.3. The van der Waals surface area contributed by atoms with Gasteiger partial charge in [0.2, 0.25) is 12.3 Å². The van der Waals surface area contributed by atoms with Gasteiger partial charge in [0.25, 0.3) is 11.6 Å². The first kappa shape index (κ1) is 17.1. The van der Waals surface area contributed by atoms with Crippen molar-refractivity contribution >= 4 is 17.3 Å². The summed E-state index contributed by atoms with van der Waals surface area (Å²) in [5, 5.41) is 20.9. The molecule has 3 aromatic rings. The van der Waals surface area contributed by atoms with Crippen LogP contribution >= 0.6 is 0 Å². The van der Waals surface area contributed by atoms with Crippen molar-refractivity contribution in [1.82, 2.24) is 10.2 Å². The van der Waals surface area contributed by atoms with Gasteiger partial charge in [0, 0.05) is 11.6 Å². The molecule has 0 radical (unpaired) electrons. The lowest BCUT2D eigenvalue weighted by Crippen LogP contribution is -2.20. The molecule has 0 aliphatic carbocycles. The second kappa shape index (κ2) is 7.43. The molecule has 1 aromatic heterocycles. The second-order valence-corrected chi connectivity index (χ2v) is 5.38. The number of nitro groups is 1. The molecule has 26 heavy (non-hydrogen) atoms. The molecule has 0 unspecified atom stereocenters. The number of rotatable bonds is 6. The summed E-state index contributed by atoms with van der Waals surface area (Å²) in [6, 6.07) is 11.3. The number of aromatic nitrogens is 2. The molecule has 2 aromatic carbocycles. The van der Waals surface area contributed by atoms with E-state index in [1.807, 2.05) is 0 Å². The van der Waals surface area contributed by atoms with Gasteiger partial charge in [0.1, 0.15) is 11.4 Å². The van der Waals surface area contributed by atoms with Crippen molar-refractivity contribution in [3.05, 3.63) is 64.5 Å². The van der Waals surface area contributed by atoms with E-state index in [9.17, 15) is 14.9 Å². The van der Waals surface area contributed by atoms with E-state index < -0.39 is 10.8 Å². The monoisotopic (exact) mass is 354 g/mol. The number of hydrogen-bond donors (Lipinski definition) is 1. The molecule has 9 heteroatoms. The molecule has 1 N–H and O–H groups in total. The Hall–Kier alpha value is -3.75. The van der Waals surface area contributed by atoms with Crippen LogP contribution in [0, 0.1) is 17.0 Å². The van der Waals surface area contributed by atoms with E-state index in [4.69, 9.17) is 9.15 Å². The zero-order valence-electron chi connectivity index (χ0n) is 13.7. The minimum Gasteiger partial charge on any atom is -0.484 e. The molecular formula is C17H14N4O5. The van der Waals surface area contributed by atoms with Gasteiger partial charge in [-0.15, -0.1) is 10.2 Å². The molecule has 0 fully saturated rings. The summed E-state index contributed by atoms with van der Waals surface area (Å²) in [4.78, 5) is 22.5. The maximum atomic E-state index is 12.0. The van der Waals surface area contributed by atoms with Crippen LogP contribution in [0.25, 0.3) is 11.5 Å². The maximum absolute atomic E-state index is 12.0. The Balaban J connectivity index is 1.60. The highest BCUT2D eigenvalue weighted by molar-refractivity contribution is 5.94. The third kappa shape index (κ3) is 4.01. The zero-order valence-corrected chi connectivity index (χ0v) is 13.7. The van der Waals surface area contributed by atoms with E-state index in [1.165, 1.54) is 18.5 Å². The number of hydrogen-bond acceptors (Lipinski definition) is 7. The Bertz CT molecular complexity index is 923. The molecule has 0 saturated heterocycles. The number of nitrogens with one attached hydrogen (secondary N) is 1. The molecule has 3 rings (SSSR count). The van der Waals surface area contributed by atoms with E-state index in [0.717, 1.165) is 11.1 Å². The van der Waals surface area contributed by atoms with E-state index in [2.05, 4.69) is 15.5 Å². The van der Waals surface area contributed by atoms with Gasteiger partial charge in [-0.25, -0.2) is 0 Å². The fourth-order valence-electron chi connectivity index (χ4n) is 2.23. The molecule has 1 amide bonds. The third-order valence-corrected chi connectivity index (χ3v) is 3.46. The summed E-state index contributed by atoms with van der Waals surface area (Å²) in [6.07, 6.45) is 1.23. The van der Waals surface area contributed by atoms with Gasteiger partial charge in [0.05, 0.1) is 4.92 Å². The maximum Gasteiger partial charge on any atom is 0.293 e. The quantitative estimate of drug-likeness (QED) is 0.533. The minimum absolute atomic E-state index is 0.126. The number of amides is 1. The van der Waals surface area contributed by atoms with Crippen LogP contribution in [0.1, 0.15) is 5.56 Å². The molecule has 0 saturated carbocycles. The lowest BCUT2D eigenvalue weighted by molar-refractivity contribution is -0.384. The second-order valence-electron chi connectivity index (χ2n) is 5.38. The van der Waals surface area contributed by atoms with Crippen molar-refractivity contribution in [2.75, 3.05) is 11.9 Å².